The number of hydrogen-bond donors (Lipinski definition) is 2. The Morgan fingerprint density at radius 3 is 2.57 bits per heavy atom. The second kappa shape index (κ2) is 7.25. The number of hydrogen-bond acceptors (Lipinski definition) is 2. The van der Waals surface area contributed by atoms with Crippen molar-refractivity contribution >= 4 is 11.9 Å². The zero-order chi connectivity index (χ0) is 15.2. The maximum Gasteiger partial charge on any atom is 0.307 e. The van der Waals surface area contributed by atoms with E-state index in [9.17, 15) is 9.59 Å². The summed E-state index contributed by atoms with van der Waals surface area (Å²) in [7, 11) is 0. The molecule has 2 N–H and O–H groups in total. The minimum Gasteiger partial charge on any atom is -0.481 e. The Labute approximate surface area is 125 Å². The van der Waals surface area contributed by atoms with Gasteiger partial charge in [0.2, 0.25) is 5.91 Å². The number of carbonyl (C=O) groups is 2. The van der Waals surface area contributed by atoms with Gasteiger partial charge in [0, 0.05) is 6.54 Å². The molecule has 0 bridgehead atoms. The van der Waals surface area contributed by atoms with Gasteiger partial charge in [-0.1, -0.05) is 43.7 Å². The molecule has 1 fully saturated rings. The van der Waals surface area contributed by atoms with E-state index in [4.69, 9.17) is 5.11 Å². The number of nitrogens with one attached hydrogen (secondary N) is 1. The standard InChI is InChI=1S/C17H23NO3/c1-12(13-6-3-2-4-7-13)10-11-18-16(19)14-8-5-9-15(14)17(20)21/h2-4,6-7,12,14-15H,5,8-11H2,1H3,(H,18,19)(H,20,21)/t12?,14-,15+/m1/s1. The number of aliphatic carboxylic acids is 1. The Bertz CT molecular complexity index is 486. The van der Waals surface area contributed by atoms with Crippen LogP contribution in [0.25, 0.3) is 0 Å². The molecule has 1 aliphatic rings. The van der Waals surface area contributed by atoms with E-state index in [1.165, 1.54) is 5.56 Å². The zero-order valence-electron chi connectivity index (χ0n) is 12.4. The van der Waals surface area contributed by atoms with Crippen molar-refractivity contribution in [3.63, 3.8) is 0 Å². The van der Waals surface area contributed by atoms with E-state index in [0.717, 1.165) is 12.8 Å². The highest BCUT2D eigenvalue weighted by atomic mass is 16.4. The minimum atomic E-state index is -0.842. The molecule has 0 saturated heterocycles. The lowest BCUT2D eigenvalue weighted by molar-refractivity contribution is -0.146. The summed E-state index contributed by atoms with van der Waals surface area (Å²) in [4.78, 5) is 23.2. The third-order valence-electron chi connectivity index (χ3n) is 4.42. The summed E-state index contributed by atoms with van der Waals surface area (Å²) in [5.74, 6) is -1.41. The van der Waals surface area contributed by atoms with Crippen LogP contribution in [-0.4, -0.2) is 23.5 Å². The van der Waals surface area contributed by atoms with E-state index in [-0.39, 0.29) is 11.8 Å². The monoisotopic (exact) mass is 289 g/mol. The van der Waals surface area contributed by atoms with Gasteiger partial charge >= 0.3 is 5.97 Å². The Morgan fingerprint density at radius 2 is 1.90 bits per heavy atom. The van der Waals surface area contributed by atoms with Gasteiger partial charge in [-0.2, -0.15) is 0 Å². The summed E-state index contributed by atoms with van der Waals surface area (Å²) >= 11 is 0. The Kier molecular flexibility index (Phi) is 5.37. The summed E-state index contributed by atoms with van der Waals surface area (Å²) < 4.78 is 0. The summed E-state index contributed by atoms with van der Waals surface area (Å²) in [5.41, 5.74) is 1.26. The van der Waals surface area contributed by atoms with Crippen LogP contribution in [0.3, 0.4) is 0 Å². The molecule has 114 valence electrons. The molecule has 1 unspecified atom stereocenters. The second-order valence-corrected chi connectivity index (χ2v) is 5.87. The molecule has 0 heterocycles. The zero-order valence-corrected chi connectivity index (χ0v) is 12.4. The van der Waals surface area contributed by atoms with Crippen molar-refractivity contribution in [3.8, 4) is 0 Å². The van der Waals surface area contributed by atoms with Crippen LogP contribution >= 0.6 is 0 Å². The van der Waals surface area contributed by atoms with E-state index in [1.54, 1.807) is 0 Å². The quantitative estimate of drug-likeness (QED) is 0.846. The van der Waals surface area contributed by atoms with Crippen LogP contribution in [0.5, 0.6) is 0 Å². The Morgan fingerprint density at radius 1 is 1.24 bits per heavy atom. The van der Waals surface area contributed by atoms with Crippen molar-refractivity contribution in [3.05, 3.63) is 35.9 Å². The van der Waals surface area contributed by atoms with Gasteiger partial charge in [-0.3, -0.25) is 9.59 Å². The topological polar surface area (TPSA) is 66.4 Å². The highest BCUT2D eigenvalue weighted by Crippen LogP contribution is 2.32. The molecule has 0 aromatic heterocycles. The molecule has 3 atom stereocenters. The molecule has 0 aliphatic heterocycles. The van der Waals surface area contributed by atoms with Gasteiger partial charge in [0.1, 0.15) is 0 Å². The molecular weight excluding hydrogens is 266 g/mol. The Balaban J connectivity index is 1.78. The molecule has 1 saturated carbocycles. The molecule has 4 nitrogen and oxygen atoms in total. The largest absolute Gasteiger partial charge is 0.481 e. The number of carboxylic acid groups (broad SMARTS) is 1. The minimum absolute atomic E-state index is 0.0971. The van der Waals surface area contributed by atoms with Crippen LogP contribution in [0.2, 0.25) is 0 Å². The van der Waals surface area contributed by atoms with Gasteiger partial charge in [-0.05, 0) is 30.7 Å². The van der Waals surface area contributed by atoms with Crippen LogP contribution in [0.15, 0.2) is 30.3 Å². The average Bonchev–Trinajstić information content (AvgIpc) is 2.97. The van der Waals surface area contributed by atoms with Gasteiger partial charge in [0.15, 0.2) is 0 Å². The first-order valence-electron chi connectivity index (χ1n) is 7.65. The van der Waals surface area contributed by atoms with E-state index >= 15 is 0 Å². The van der Waals surface area contributed by atoms with Gasteiger partial charge < -0.3 is 10.4 Å². The number of rotatable bonds is 6. The first kappa shape index (κ1) is 15.5. The molecular formula is C17H23NO3. The molecule has 21 heavy (non-hydrogen) atoms. The van der Waals surface area contributed by atoms with E-state index < -0.39 is 11.9 Å². The van der Waals surface area contributed by atoms with Crippen molar-refractivity contribution in [2.75, 3.05) is 6.54 Å². The predicted octanol–water partition coefficient (Wildman–Crippen LogP) is 2.80. The predicted molar refractivity (Wildman–Crippen MR) is 81.0 cm³/mol. The van der Waals surface area contributed by atoms with Crippen LogP contribution in [0.1, 0.15) is 44.1 Å². The molecule has 1 aromatic rings. The molecule has 1 aromatic carbocycles. The van der Waals surface area contributed by atoms with Crippen LogP contribution in [0.4, 0.5) is 0 Å². The maximum absolute atomic E-state index is 12.1. The highest BCUT2D eigenvalue weighted by Gasteiger charge is 2.37. The first-order chi connectivity index (χ1) is 10.1. The average molecular weight is 289 g/mol. The molecule has 1 aliphatic carbocycles. The summed E-state index contributed by atoms with van der Waals surface area (Å²) in [6.45, 7) is 2.73. The number of carboxylic acids is 1. The fourth-order valence-corrected chi connectivity index (χ4v) is 3.06. The van der Waals surface area contributed by atoms with Crippen molar-refractivity contribution < 1.29 is 14.7 Å². The lowest BCUT2D eigenvalue weighted by atomic mass is 9.94. The van der Waals surface area contributed by atoms with Crippen molar-refractivity contribution in [2.24, 2.45) is 11.8 Å². The van der Waals surface area contributed by atoms with Crippen LogP contribution in [0, 0.1) is 11.8 Å². The lowest BCUT2D eigenvalue weighted by Crippen LogP contribution is -2.36. The van der Waals surface area contributed by atoms with Gasteiger partial charge in [-0.15, -0.1) is 0 Å². The van der Waals surface area contributed by atoms with Gasteiger partial charge in [0.05, 0.1) is 11.8 Å². The number of benzene rings is 1. The maximum atomic E-state index is 12.1. The molecule has 0 spiro atoms. The van der Waals surface area contributed by atoms with E-state index in [1.807, 2.05) is 18.2 Å². The van der Waals surface area contributed by atoms with Crippen molar-refractivity contribution in [1.29, 1.82) is 0 Å². The summed E-state index contributed by atoms with van der Waals surface area (Å²) in [6, 6.07) is 10.2. The van der Waals surface area contributed by atoms with Gasteiger partial charge in [-0.25, -0.2) is 0 Å². The number of amides is 1. The molecule has 4 heteroatoms. The van der Waals surface area contributed by atoms with Crippen molar-refractivity contribution in [1.82, 2.24) is 5.32 Å². The third kappa shape index (κ3) is 4.06. The summed E-state index contributed by atoms with van der Waals surface area (Å²) in [5, 5.41) is 12.0. The Hall–Kier alpha value is -1.84. The number of carbonyl (C=O) groups excluding carboxylic acids is 1. The smallest absolute Gasteiger partial charge is 0.307 e. The van der Waals surface area contributed by atoms with E-state index in [2.05, 4.69) is 24.4 Å². The first-order valence-corrected chi connectivity index (χ1v) is 7.65. The normalized spacial score (nSPS) is 22.7. The SMILES string of the molecule is CC(CCNC(=O)[C@@H]1CCC[C@@H]1C(=O)O)c1ccccc1. The van der Waals surface area contributed by atoms with Crippen LogP contribution < -0.4 is 5.32 Å². The summed E-state index contributed by atoms with van der Waals surface area (Å²) in [6.07, 6.45) is 3.00. The molecule has 1 amide bonds. The second-order valence-electron chi connectivity index (χ2n) is 5.87. The fourth-order valence-electron chi connectivity index (χ4n) is 3.06. The lowest BCUT2D eigenvalue weighted by Gasteiger charge is -2.17. The van der Waals surface area contributed by atoms with E-state index in [0.29, 0.717) is 25.3 Å². The van der Waals surface area contributed by atoms with Crippen LogP contribution in [-0.2, 0) is 9.59 Å². The molecule has 0 radical (unpaired) electrons. The fraction of sp³-hybridized carbons (Fsp3) is 0.529. The molecule has 2 rings (SSSR count). The van der Waals surface area contributed by atoms with Gasteiger partial charge in [0.25, 0.3) is 0 Å². The third-order valence-corrected chi connectivity index (χ3v) is 4.42. The highest BCUT2D eigenvalue weighted by molar-refractivity contribution is 5.85. The van der Waals surface area contributed by atoms with Crippen molar-refractivity contribution in [2.45, 2.75) is 38.5 Å².